The highest BCUT2D eigenvalue weighted by Crippen LogP contribution is 2.26. The van der Waals surface area contributed by atoms with Gasteiger partial charge < -0.3 is 10.1 Å². The molecule has 0 aliphatic carbocycles. The topological polar surface area (TPSA) is 81.5 Å². The predicted molar refractivity (Wildman–Crippen MR) is 91.2 cm³/mol. The number of hydrogen-bond acceptors (Lipinski definition) is 4. The van der Waals surface area contributed by atoms with Gasteiger partial charge >= 0.3 is 5.69 Å². The lowest BCUT2D eigenvalue weighted by molar-refractivity contribution is -0.385. The van der Waals surface area contributed by atoms with Crippen LogP contribution >= 0.6 is 0 Å². The van der Waals surface area contributed by atoms with Crippen LogP contribution in [-0.4, -0.2) is 17.4 Å². The molecule has 6 nitrogen and oxygen atoms in total. The van der Waals surface area contributed by atoms with Gasteiger partial charge in [-0.25, -0.2) is 0 Å². The summed E-state index contributed by atoms with van der Waals surface area (Å²) in [4.78, 5) is 22.5. The third-order valence-electron chi connectivity index (χ3n) is 3.48. The van der Waals surface area contributed by atoms with E-state index in [-0.39, 0.29) is 24.0 Å². The molecule has 0 aliphatic rings. The lowest BCUT2D eigenvalue weighted by Crippen LogP contribution is -2.20. The average Bonchev–Trinajstić information content (AvgIpc) is 2.60. The molecule has 24 heavy (non-hydrogen) atoms. The first-order chi connectivity index (χ1) is 11.6. The molecule has 120 valence electrons. The minimum Gasteiger partial charge on any atom is -0.477 e. The van der Waals surface area contributed by atoms with Gasteiger partial charge in [-0.15, -0.1) is 0 Å². The van der Waals surface area contributed by atoms with Gasteiger partial charge in [0.15, 0.2) is 12.4 Å². The van der Waals surface area contributed by atoms with Crippen molar-refractivity contribution < 1.29 is 14.5 Å². The molecule has 1 N–H and O–H groups in total. The van der Waals surface area contributed by atoms with Crippen LogP contribution in [0, 0.1) is 10.1 Å². The Balaban J connectivity index is 1.71. The number of para-hydroxylation sites is 2. The molecule has 0 aromatic heterocycles. The number of amides is 1. The number of fused-ring (bicyclic) bond motifs is 1. The molecule has 0 aliphatic heterocycles. The summed E-state index contributed by atoms with van der Waals surface area (Å²) in [5.74, 6) is -0.319. The minimum atomic E-state index is -0.544. The smallest absolute Gasteiger partial charge is 0.310 e. The number of ether oxygens (including phenoxy) is 1. The van der Waals surface area contributed by atoms with E-state index in [1.165, 1.54) is 12.1 Å². The number of anilines is 1. The van der Waals surface area contributed by atoms with E-state index < -0.39 is 4.92 Å². The van der Waals surface area contributed by atoms with Gasteiger partial charge in [0.2, 0.25) is 0 Å². The quantitative estimate of drug-likeness (QED) is 0.573. The number of rotatable bonds is 5. The second-order valence-corrected chi connectivity index (χ2v) is 5.09. The lowest BCUT2D eigenvalue weighted by Gasteiger charge is -2.10. The molecule has 0 fully saturated rings. The molecular weight excluding hydrogens is 308 g/mol. The molecule has 3 aromatic rings. The summed E-state index contributed by atoms with van der Waals surface area (Å²) in [6.45, 7) is -0.311. The SMILES string of the molecule is O=C(COc1ccccc1[N+](=O)[O-])Nc1cccc2ccccc12. The first kappa shape index (κ1) is 15.5. The van der Waals surface area contributed by atoms with Gasteiger partial charge in [-0.05, 0) is 17.5 Å². The van der Waals surface area contributed by atoms with E-state index in [1.807, 2.05) is 36.4 Å². The highest BCUT2D eigenvalue weighted by molar-refractivity contribution is 6.02. The number of nitro benzene ring substituents is 1. The Morgan fingerprint density at radius 1 is 1.00 bits per heavy atom. The summed E-state index contributed by atoms with van der Waals surface area (Å²) in [5.41, 5.74) is 0.500. The zero-order chi connectivity index (χ0) is 16.9. The van der Waals surface area contributed by atoms with Crippen molar-refractivity contribution >= 4 is 28.1 Å². The Hall–Kier alpha value is -3.41. The third kappa shape index (κ3) is 3.33. The molecule has 3 rings (SSSR count). The zero-order valence-corrected chi connectivity index (χ0v) is 12.6. The Morgan fingerprint density at radius 3 is 2.54 bits per heavy atom. The highest BCUT2D eigenvalue weighted by Gasteiger charge is 2.15. The third-order valence-corrected chi connectivity index (χ3v) is 3.48. The van der Waals surface area contributed by atoms with Crippen molar-refractivity contribution in [2.24, 2.45) is 0 Å². The standard InChI is InChI=1S/C18H14N2O4/c21-18(12-24-17-11-4-3-10-16(17)20(22)23)19-15-9-5-7-13-6-1-2-8-14(13)15/h1-11H,12H2,(H,19,21). The first-order valence-electron chi connectivity index (χ1n) is 7.29. The van der Waals surface area contributed by atoms with Gasteiger partial charge in [-0.2, -0.15) is 0 Å². The molecule has 0 unspecified atom stereocenters. The van der Waals surface area contributed by atoms with E-state index in [1.54, 1.807) is 18.2 Å². The van der Waals surface area contributed by atoms with Gasteiger partial charge in [-0.3, -0.25) is 14.9 Å². The number of carbonyl (C=O) groups excluding carboxylic acids is 1. The van der Waals surface area contributed by atoms with Crippen molar-refractivity contribution in [3.63, 3.8) is 0 Å². The van der Waals surface area contributed by atoms with E-state index in [9.17, 15) is 14.9 Å². The van der Waals surface area contributed by atoms with Crippen molar-refractivity contribution in [2.45, 2.75) is 0 Å². The number of benzene rings is 3. The van der Waals surface area contributed by atoms with Gasteiger partial charge in [0.1, 0.15) is 0 Å². The number of hydrogen-bond donors (Lipinski definition) is 1. The molecule has 3 aromatic carbocycles. The van der Waals surface area contributed by atoms with Crippen LogP contribution in [0.3, 0.4) is 0 Å². The molecule has 0 radical (unpaired) electrons. The highest BCUT2D eigenvalue weighted by atomic mass is 16.6. The van der Waals surface area contributed by atoms with Crippen LogP contribution in [0.15, 0.2) is 66.7 Å². The molecule has 0 saturated heterocycles. The Bertz CT molecular complexity index is 903. The summed E-state index contributed by atoms with van der Waals surface area (Å²) in [7, 11) is 0. The molecule has 1 amide bonds. The van der Waals surface area contributed by atoms with Gasteiger partial charge in [0.25, 0.3) is 5.91 Å². The normalized spacial score (nSPS) is 10.3. The fourth-order valence-electron chi connectivity index (χ4n) is 2.39. The molecule has 0 atom stereocenters. The van der Waals surface area contributed by atoms with Crippen LogP contribution in [-0.2, 0) is 4.79 Å². The second-order valence-electron chi connectivity index (χ2n) is 5.09. The Labute approximate surface area is 137 Å². The van der Waals surface area contributed by atoms with E-state index >= 15 is 0 Å². The zero-order valence-electron chi connectivity index (χ0n) is 12.6. The summed E-state index contributed by atoms with van der Waals surface area (Å²) < 4.78 is 5.29. The summed E-state index contributed by atoms with van der Waals surface area (Å²) in [6, 6.07) is 19.2. The van der Waals surface area contributed by atoms with Crippen molar-refractivity contribution in [3.05, 3.63) is 76.8 Å². The average molecular weight is 322 g/mol. The fraction of sp³-hybridized carbons (Fsp3) is 0.0556. The number of carbonyl (C=O) groups is 1. The van der Waals surface area contributed by atoms with E-state index in [2.05, 4.69) is 5.32 Å². The second kappa shape index (κ2) is 6.78. The van der Waals surface area contributed by atoms with Gasteiger partial charge in [-0.1, -0.05) is 48.5 Å². The number of nitro groups is 1. The van der Waals surface area contributed by atoms with Gasteiger partial charge in [0.05, 0.1) is 4.92 Å². The fourth-order valence-corrected chi connectivity index (χ4v) is 2.39. The monoisotopic (exact) mass is 322 g/mol. The van der Waals surface area contributed by atoms with Crippen molar-refractivity contribution in [3.8, 4) is 5.75 Å². The summed E-state index contributed by atoms with van der Waals surface area (Å²) in [6.07, 6.45) is 0. The van der Waals surface area contributed by atoms with Gasteiger partial charge in [0, 0.05) is 17.1 Å². The van der Waals surface area contributed by atoms with E-state index in [0.717, 1.165) is 10.8 Å². The molecule has 6 heteroatoms. The molecule has 0 heterocycles. The maximum absolute atomic E-state index is 12.1. The van der Waals surface area contributed by atoms with Crippen LogP contribution in [0.5, 0.6) is 5.75 Å². The van der Waals surface area contributed by atoms with Crippen molar-refractivity contribution in [1.82, 2.24) is 0 Å². The maximum atomic E-state index is 12.1. The minimum absolute atomic E-state index is 0.0653. The molecule has 0 bridgehead atoms. The predicted octanol–water partition coefficient (Wildman–Crippen LogP) is 3.77. The largest absolute Gasteiger partial charge is 0.477 e. The number of nitrogens with one attached hydrogen (secondary N) is 1. The Kier molecular flexibility index (Phi) is 4.38. The summed E-state index contributed by atoms with van der Waals surface area (Å²) >= 11 is 0. The molecule has 0 spiro atoms. The molecular formula is C18H14N2O4. The van der Waals surface area contributed by atoms with Crippen molar-refractivity contribution in [2.75, 3.05) is 11.9 Å². The Morgan fingerprint density at radius 2 is 1.71 bits per heavy atom. The lowest BCUT2D eigenvalue weighted by atomic mass is 10.1. The van der Waals surface area contributed by atoms with Crippen LogP contribution < -0.4 is 10.1 Å². The van der Waals surface area contributed by atoms with Crippen molar-refractivity contribution in [1.29, 1.82) is 0 Å². The van der Waals surface area contributed by atoms with Crippen LogP contribution in [0.25, 0.3) is 10.8 Å². The van der Waals surface area contributed by atoms with E-state index in [4.69, 9.17) is 4.74 Å². The van der Waals surface area contributed by atoms with Crippen LogP contribution in [0.4, 0.5) is 11.4 Å². The first-order valence-corrected chi connectivity index (χ1v) is 7.29. The molecule has 0 saturated carbocycles. The maximum Gasteiger partial charge on any atom is 0.310 e. The van der Waals surface area contributed by atoms with Crippen LogP contribution in [0.2, 0.25) is 0 Å². The summed E-state index contributed by atoms with van der Waals surface area (Å²) in [5, 5.41) is 15.6. The van der Waals surface area contributed by atoms with E-state index in [0.29, 0.717) is 5.69 Å². The number of nitrogens with zero attached hydrogens (tertiary/aromatic N) is 1. The van der Waals surface area contributed by atoms with Crippen LogP contribution in [0.1, 0.15) is 0 Å².